The number of quaternary nitrogens is 1. The van der Waals surface area contributed by atoms with Gasteiger partial charge in [-0.25, -0.2) is 0 Å². The standard InChI is InChI=1S/C17H27N3/c1-19(2)13-14-7-6-12-20(14)17-10-4-3-8-15(17)16-9-5-11-18-16/h3-4,8,10,14,16,18H,5-7,9,11-13H2,1-2H3/p+1. The molecule has 2 N–H and O–H groups in total. The molecule has 2 saturated heterocycles. The third-order valence-electron chi connectivity index (χ3n) is 4.77. The number of para-hydroxylation sites is 1. The number of rotatable bonds is 4. The van der Waals surface area contributed by atoms with Gasteiger partial charge in [0.2, 0.25) is 0 Å². The van der Waals surface area contributed by atoms with E-state index in [1.807, 2.05) is 0 Å². The van der Waals surface area contributed by atoms with Crippen molar-refractivity contribution in [3.8, 4) is 0 Å². The number of likely N-dealkylation sites (N-methyl/N-ethyl adjacent to an activating group) is 1. The van der Waals surface area contributed by atoms with E-state index in [1.165, 1.54) is 51.0 Å². The van der Waals surface area contributed by atoms with Gasteiger partial charge in [-0.1, -0.05) is 18.2 Å². The molecule has 1 aromatic rings. The zero-order valence-electron chi connectivity index (χ0n) is 12.9. The highest BCUT2D eigenvalue weighted by Crippen LogP contribution is 2.33. The lowest BCUT2D eigenvalue weighted by Crippen LogP contribution is -2.81. The van der Waals surface area contributed by atoms with Crippen LogP contribution in [0.15, 0.2) is 24.3 Å². The molecule has 3 rings (SSSR count). The maximum Gasteiger partial charge on any atom is 0.114 e. The van der Waals surface area contributed by atoms with E-state index < -0.39 is 0 Å². The van der Waals surface area contributed by atoms with Crippen molar-refractivity contribution in [3.63, 3.8) is 0 Å². The summed E-state index contributed by atoms with van der Waals surface area (Å²) in [7, 11) is 4.38. The van der Waals surface area contributed by atoms with Gasteiger partial charge in [0.05, 0.1) is 6.54 Å². The summed E-state index contributed by atoms with van der Waals surface area (Å²) in [5.41, 5.74) is 3.07. The Bertz CT molecular complexity index is 438. The fraction of sp³-hybridized carbons (Fsp3) is 0.647. The van der Waals surface area contributed by atoms with Crippen LogP contribution in [0.25, 0.3) is 0 Å². The first kappa shape index (κ1) is 13.9. The maximum atomic E-state index is 2.67. The summed E-state index contributed by atoms with van der Waals surface area (Å²) in [4.78, 5) is 4.99. The molecule has 2 atom stereocenters. The highest BCUT2D eigenvalue weighted by molar-refractivity contribution is 5.56. The molecule has 2 unspecified atom stereocenters. The van der Waals surface area contributed by atoms with Gasteiger partial charge in [0, 0.05) is 43.2 Å². The Morgan fingerprint density at radius 3 is 2.80 bits per heavy atom. The molecule has 3 heteroatoms. The topological polar surface area (TPSA) is 23.1 Å². The summed E-state index contributed by atoms with van der Waals surface area (Å²) in [6.07, 6.45) is 5.37. The fourth-order valence-corrected chi connectivity index (χ4v) is 3.88. The minimum absolute atomic E-state index is 0.687. The fourth-order valence-electron chi connectivity index (χ4n) is 3.88. The van der Waals surface area contributed by atoms with E-state index >= 15 is 0 Å². The predicted molar refractivity (Wildman–Crippen MR) is 84.1 cm³/mol. The van der Waals surface area contributed by atoms with Gasteiger partial charge in [0.1, 0.15) is 6.04 Å². The first-order chi connectivity index (χ1) is 9.75. The molecule has 2 fully saturated rings. The van der Waals surface area contributed by atoms with Crippen LogP contribution >= 0.6 is 0 Å². The van der Waals surface area contributed by atoms with Gasteiger partial charge in [0.25, 0.3) is 0 Å². The van der Waals surface area contributed by atoms with Crippen LogP contribution in [0.4, 0.5) is 5.69 Å². The minimum atomic E-state index is 0.687. The lowest BCUT2D eigenvalue weighted by molar-refractivity contribution is -0.676. The van der Waals surface area contributed by atoms with Crippen molar-refractivity contribution in [1.82, 2.24) is 4.90 Å². The average Bonchev–Trinajstić information content (AvgIpc) is 3.09. The monoisotopic (exact) mass is 274 g/mol. The largest absolute Gasteiger partial charge is 0.367 e. The lowest BCUT2D eigenvalue weighted by atomic mass is 10.0. The van der Waals surface area contributed by atoms with Gasteiger partial charge in [-0.05, 0) is 33.0 Å². The molecular weight excluding hydrogens is 246 g/mol. The normalized spacial score (nSPS) is 26.6. The van der Waals surface area contributed by atoms with Crippen molar-refractivity contribution in [3.05, 3.63) is 29.8 Å². The van der Waals surface area contributed by atoms with Gasteiger partial charge in [0.15, 0.2) is 0 Å². The maximum absolute atomic E-state index is 2.67. The Balaban J connectivity index is 1.85. The van der Waals surface area contributed by atoms with Gasteiger partial charge < -0.3 is 15.1 Å². The van der Waals surface area contributed by atoms with Crippen molar-refractivity contribution < 1.29 is 5.32 Å². The molecule has 1 aromatic carbocycles. The molecule has 0 bridgehead atoms. The van der Waals surface area contributed by atoms with Crippen molar-refractivity contribution >= 4 is 5.69 Å². The zero-order chi connectivity index (χ0) is 13.9. The van der Waals surface area contributed by atoms with E-state index in [0.717, 1.165) is 0 Å². The van der Waals surface area contributed by atoms with E-state index in [2.05, 4.69) is 53.5 Å². The molecule has 2 aliphatic rings. The van der Waals surface area contributed by atoms with E-state index in [1.54, 1.807) is 5.56 Å². The Kier molecular flexibility index (Phi) is 4.27. The second kappa shape index (κ2) is 6.15. The Hall–Kier alpha value is -1.06. The van der Waals surface area contributed by atoms with Crippen LogP contribution in [0.1, 0.15) is 37.3 Å². The number of hydrogen-bond donors (Lipinski definition) is 1. The van der Waals surface area contributed by atoms with Crippen molar-refractivity contribution in [2.75, 3.05) is 38.6 Å². The van der Waals surface area contributed by atoms with Crippen LogP contribution in [-0.2, 0) is 0 Å². The highest BCUT2D eigenvalue weighted by Gasteiger charge is 2.30. The second-order valence-corrected chi connectivity index (χ2v) is 6.58. The molecule has 2 aliphatic heterocycles. The predicted octanol–water partition coefficient (Wildman–Crippen LogP) is 1.62. The third-order valence-corrected chi connectivity index (χ3v) is 4.77. The van der Waals surface area contributed by atoms with Crippen LogP contribution in [-0.4, -0.2) is 44.7 Å². The van der Waals surface area contributed by atoms with Crippen molar-refractivity contribution in [1.29, 1.82) is 0 Å². The van der Waals surface area contributed by atoms with Crippen molar-refractivity contribution in [2.45, 2.75) is 37.8 Å². The molecule has 0 amide bonds. The summed E-state index contributed by atoms with van der Waals surface area (Å²) in [6, 6.07) is 10.5. The molecule has 0 spiro atoms. The zero-order valence-corrected chi connectivity index (χ0v) is 12.9. The lowest BCUT2D eigenvalue weighted by Gasteiger charge is -2.31. The molecule has 3 nitrogen and oxygen atoms in total. The molecule has 0 saturated carbocycles. The number of nitrogens with two attached hydrogens (primary N) is 1. The molecule has 110 valence electrons. The van der Waals surface area contributed by atoms with Gasteiger partial charge >= 0.3 is 0 Å². The molecule has 0 radical (unpaired) electrons. The summed E-state index contributed by atoms with van der Waals surface area (Å²) >= 11 is 0. The number of anilines is 1. The molecule has 0 aromatic heterocycles. The van der Waals surface area contributed by atoms with Crippen LogP contribution < -0.4 is 10.2 Å². The molecular formula is C17H28N3+. The molecule has 2 heterocycles. The quantitative estimate of drug-likeness (QED) is 0.901. The summed E-state index contributed by atoms with van der Waals surface area (Å²) < 4.78 is 0. The number of benzene rings is 1. The third kappa shape index (κ3) is 2.84. The van der Waals surface area contributed by atoms with Crippen LogP contribution in [0.3, 0.4) is 0 Å². The second-order valence-electron chi connectivity index (χ2n) is 6.58. The van der Waals surface area contributed by atoms with Gasteiger partial charge in [-0.2, -0.15) is 0 Å². The SMILES string of the molecule is CN(C)CC1CCCN1c1ccccc1C1CCC[NH2+]1. The van der Waals surface area contributed by atoms with E-state index in [4.69, 9.17) is 0 Å². The summed E-state index contributed by atoms with van der Waals surface area (Å²) in [5, 5.41) is 2.52. The van der Waals surface area contributed by atoms with E-state index in [9.17, 15) is 0 Å². The van der Waals surface area contributed by atoms with Crippen LogP contribution in [0.5, 0.6) is 0 Å². The molecule has 0 aliphatic carbocycles. The van der Waals surface area contributed by atoms with Crippen molar-refractivity contribution in [2.24, 2.45) is 0 Å². The van der Waals surface area contributed by atoms with Crippen LogP contribution in [0, 0.1) is 0 Å². The van der Waals surface area contributed by atoms with Crippen LogP contribution in [0.2, 0.25) is 0 Å². The number of hydrogen-bond acceptors (Lipinski definition) is 2. The highest BCUT2D eigenvalue weighted by atomic mass is 15.2. The Morgan fingerprint density at radius 2 is 2.05 bits per heavy atom. The minimum Gasteiger partial charge on any atom is -0.367 e. The first-order valence-corrected chi connectivity index (χ1v) is 8.09. The Morgan fingerprint density at radius 1 is 1.20 bits per heavy atom. The van der Waals surface area contributed by atoms with Gasteiger partial charge in [-0.3, -0.25) is 0 Å². The van der Waals surface area contributed by atoms with E-state index in [-0.39, 0.29) is 0 Å². The van der Waals surface area contributed by atoms with Gasteiger partial charge in [-0.15, -0.1) is 0 Å². The first-order valence-electron chi connectivity index (χ1n) is 8.09. The summed E-state index contributed by atoms with van der Waals surface area (Å²) in [5.74, 6) is 0. The Labute approximate surface area is 123 Å². The van der Waals surface area contributed by atoms with E-state index in [0.29, 0.717) is 12.1 Å². The summed E-state index contributed by atoms with van der Waals surface area (Å²) in [6.45, 7) is 3.69. The molecule has 20 heavy (non-hydrogen) atoms. The number of nitrogens with zero attached hydrogens (tertiary/aromatic N) is 2. The average molecular weight is 274 g/mol. The smallest absolute Gasteiger partial charge is 0.114 e.